The van der Waals surface area contributed by atoms with Crippen molar-refractivity contribution in [1.29, 1.82) is 0 Å². The predicted molar refractivity (Wildman–Crippen MR) is 107 cm³/mol. The lowest BCUT2D eigenvalue weighted by Crippen LogP contribution is -2.09. The van der Waals surface area contributed by atoms with Gasteiger partial charge >= 0.3 is 0 Å². The first-order valence-electron chi connectivity index (χ1n) is 7.82. The van der Waals surface area contributed by atoms with E-state index in [-0.39, 0.29) is 11.0 Å². The van der Waals surface area contributed by atoms with Gasteiger partial charge in [-0.2, -0.15) is 5.11 Å². The standard InChI is InChI=1S/C19H16BrClN2OS/c1-12-2-4-14(5-3-12)11-22-23-18-17(21)16(19(24)25-18)10-13-6-8-15(20)9-7-13/h2-9,16H,10-11H2,1H3. The van der Waals surface area contributed by atoms with E-state index in [2.05, 4.69) is 26.2 Å². The summed E-state index contributed by atoms with van der Waals surface area (Å²) in [6, 6.07) is 16.0. The molecule has 128 valence electrons. The summed E-state index contributed by atoms with van der Waals surface area (Å²) in [5.41, 5.74) is 3.35. The lowest BCUT2D eigenvalue weighted by atomic mass is 10.0. The van der Waals surface area contributed by atoms with Gasteiger partial charge in [-0.1, -0.05) is 69.5 Å². The van der Waals surface area contributed by atoms with Gasteiger partial charge in [-0.25, -0.2) is 0 Å². The highest BCUT2D eigenvalue weighted by molar-refractivity contribution is 9.10. The number of aryl methyl sites for hydroxylation is 1. The number of azo groups is 1. The minimum Gasteiger partial charge on any atom is -0.286 e. The number of hydrogen-bond donors (Lipinski definition) is 0. The number of nitrogens with zero attached hydrogens (tertiary/aromatic N) is 2. The zero-order valence-corrected chi connectivity index (χ0v) is 16.7. The van der Waals surface area contributed by atoms with E-state index in [0.717, 1.165) is 27.4 Å². The second-order valence-electron chi connectivity index (χ2n) is 5.84. The Labute approximate surface area is 164 Å². The molecule has 1 unspecified atom stereocenters. The average molecular weight is 436 g/mol. The smallest absolute Gasteiger partial charge is 0.204 e. The van der Waals surface area contributed by atoms with Gasteiger partial charge in [0.25, 0.3) is 0 Å². The van der Waals surface area contributed by atoms with Crippen LogP contribution in [-0.4, -0.2) is 5.12 Å². The maximum absolute atomic E-state index is 12.3. The fourth-order valence-electron chi connectivity index (χ4n) is 2.44. The first-order chi connectivity index (χ1) is 12.0. The van der Waals surface area contributed by atoms with Gasteiger partial charge in [0.15, 0.2) is 0 Å². The largest absolute Gasteiger partial charge is 0.286 e. The molecule has 25 heavy (non-hydrogen) atoms. The fraction of sp³-hybridized carbons (Fsp3) is 0.211. The number of allylic oxidation sites excluding steroid dienone is 1. The summed E-state index contributed by atoms with van der Waals surface area (Å²) in [4.78, 5) is 12.3. The molecule has 0 radical (unpaired) electrons. The second-order valence-corrected chi connectivity index (χ2v) is 8.16. The monoisotopic (exact) mass is 434 g/mol. The van der Waals surface area contributed by atoms with Crippen molar-refractivity contribution in [3.63, 3.8) is 0 Å². The van der Waals surface area contributed by atoms with Gasteiger partial charge in [0.2, 0.25) is 5.12 Å². The van der Waals surface area contributed by atoms with Crippen LogP contribution in [0.1, 0.15) is 16.7 Å². The topological polar surface area (TPSA) is 41.8 Å². The van der Waals surface area contributed by atoms with Gasteiger partial charge in [-0.15, -0.1) is 5.11 Å². The van der Waals surface area contributed by atoms with Crippen LogP contribution in [0.2, 0.25) is 0 Å². The molecule has 3 nitrogen and oxygen atoms in total. The molecule has 0 saturated carbocycles. The van der Waals surface area contributed by atoms with Crippen molar-refractivity contribution in [2.75, 3.05) is 0 Å². The van der Waals surface area contributed by atoms with Crippen LogP contribution in [0.4, 0.5) is 0 Å². The highest BCUT2D eigenvalue weighted by Gasteiger charge is 2.33. The Balaban J connectivity index is 1.67. The van der Waals surface area contributed by atoms with Crippen molar-refractivity contribution in [3.05, 3.63) is 79.8 Å². The number of carbonyl (C=O) groups excluding carboxylic acids is 1. The molecule has 2 aromatic carbocycles. The van der Waals surface area contributed by atoms with Crippen molar-refractivity contribution in [1.82, 2.24) is 0 Å². The molecule has 0 saturated heterocycles. The fourth-order valence-corrected chi connectivity index (χ4v) is 3.97. The molecule has 1 aliphatic heterocycles. The maximum atomic E-state index is 12.3. The average Bonchev–Trinajstić information content (AvgIpc) is 2.86. The Hall–Kier alpha value is -1.43. The highest BCUT2D eigenvalue weighted by Crippen LogP contribution is 2.42. The summed E-state index contributed by atoms with van der Waals surface area (Å²) in [5.74, 6) is -0.346. The first-order valence-corrected chi connectivity index (χ1v) is 9.80. The van der Waals surface area contributed by atoms with E-state index in [4.69, 9.17) is 11.6 Å². The number of halogens is 2. The predicted octanol–water partition coefficient (Wildman–Crippen LogP) is 6.25. The van der Waals surface area contributed by atoms with E-state index in [1.54, 1.807) is 0 Å². The van der Waals surface area contributed by atoms with Gasteiger partial charge in [-0.3, -0.25) is 4.79 Å². The van der Waals surface area contributed by atoms with Crippen LogP contribution in [0.15, 0.2) is 73.3 Å². The molecule has 3 rings (SSSR count). The first kappa shape index (κ1) is 18.4. The normalized spacial score (nSPS) is 17.7. The molecular formula is C19H16BrClN2OS. The lowest BCUT2D eigenvalue weighted by molar-refractivity contribution is -0.112. The molecule has 0 amide bonds. The molecule has 0 N–H and O–H groups in total. The molecule has 0 spiro atoms. The van der Waals surface area contributed by atoms with Crippen molar-refractivity contribution in [2.24, 2.45) is 16.1 Å². The van der Waals surface area contributed by atoms with Crippen LogP contribution >= 0.6 is 39.3 Å². The van der Waals surface area contributed by atoms with Crippen LogP contribution in [-0.2, 0) is 17.8 Å². The Kier molecular flexibility index (Phi) is 6.10. The SMILES string of the molecule is Cc1ccc(CN=NC2=C(Cl)C(Cc3ccc(Br)cc3)C(=O)S2)cc1. The van der Waals surface area contributed by atoms with Crippen LogP contribution in [0.5, 0.6) is 0 Å². The third-order valence-corrected chi connectivity index (χ3v) is 5.94. The number of thioether (sulfide) groups is 1. The summed E-state index contributed by atoms with van der Waals surface area (Å²) in [6.45, 7) is 2.52. The minimum absolute atomic E-state index is 0.0252. The number of hydrogen-bond acceptors (Lipinski definition) is 4. The molecule has 1 heterocycles. The van der Waals surface area contributed by atoms with E-state index in [0.29, 0.717) is 23.0 Å². The maximum Gasteiger partial charge on any atom is 0.204 e. The third-order valence-electron chi connectivity index (χ3n) is 3.88. The molecule has 0 fully saturated rings. The van der Waals surface area contributed by atoms with E-state index < -0.39 is 0 Å². The van der Waals surface area contributed by atoms with Crippen LogP contribution < -0.4 is 0 Å². The summed E-state index contributed by atoms with van der Waals surface area (Å²) in [5, 5.41) is 9.41. The Morgan fingerprint density at radius 1 is 1.08 bits per heavy atom. The van der Waals surface area contributed by atoms with Crippen LogP contribution in [0, 0.1) is 12.8 Å². The van der Waals surface area contributed by atoms with E-state index in [1.165, 1.54) is 5.56 Å². The molecule has 0 aliphatic carbocycles. The molecule has 2 aromatic rings. The highest BCUT2D eigenvalue weighted by atomic mass is 79.9. The van der Waals surface area contributed by atoms with Crippen molar-refractivity contribution >= 4 is 44.4 Å². The number of benzene rings is 2. The van der Waals surface area contributed by atoms with E-state index in [9.17, 15) is 4.79 Å². The Morgan fingerprint density at radius 2 is 1.72 bits per heavy atom. The summed E-state index contributed by atoms with van der Waals surface area (Å²) in [6.07, 6.45) is 0.578. The van der Waals surface area contributed by atoms with Gasteiger partial charge in [0.1, 0.15) is 5.03 Å². The van der Waals surface area contributed by atoms with E-state index >= 15 is 0 Å². The molecular weight excluding hydrogens is 420 g/mol. The van der Waals surface area contributed by atoms with Gasteiger partial charge < -0.3 is 0 Å². The zero-order chi connectivity index (χ0) is 17.8. The molecule has 1 aliphatic rings. The lowest BCUT2D eigenvalue weighted by Gasteiger charge is -2.08. The molecule has 0 aromatic heterocycles. The van der Waals surface area contributed by atoms with E-state index in [1.807, 2.05) is 55.5 Å². The van der Waals surface area contributed by atoms with Gasteiger partial charge in [0.05, 0.1) is 17.5 Å². The van der Waals surface area contributed by atoms with Crippen LogP contribution in [0.3, 0.4) is 0 Å². The summed E-state index contributed by atoms with van der Waals surface area (Å²) in [7, 11) is 0. The van der Waals surface area contributed by atoms with Crippen LogP contribution in [0.25, 0.3) is 0 Å². The molecule has 1 atom stereocenters. The second kappa shape index (κ2) is 8.30. The third kappa shape index (κ3) is 4.81. The Morgan fingerprint density at radius 3 is 2.40 bits per heavy atom. The quantitative estimate of drug-likeness (QED) is 0.521. The molecule has 6 heteroatoms. The van der Waals surface area contributed by atoms with Crippen molar-refractivity contribution in [3.8, 4) is 0 Å². The minimum atomic E-state index is -0.346. The number of carbonyl (C=O) groups is 1. The summed E-state index contributed by atoms with van der Waals surface area (Å²) < 4.78 is 1.01. The summed E-state index contributed by atoms with van der Waals surface area (Å²) >= 11 is 10.9. The van der Waals surface area contributed by atoms with Gasteiger partial charge in [-0.05, 0) is 48.4 Å². The Bertz CT molecular complexity index is 832. The molecule has 0 bridgehead atoms. The van der Waals surface area contributed by atoms with Gasteiger partial charge in [0, 0.05) is 4.47 Å². The van der Waals surface area contributed by atoms with Crippen molar-refractivity contribution < 1.29 is 4.79 Å². The zero-order valence-electron chi connectivity index (χ0n) is 13.6. The number of rotatable bonds is 5. The van der Waals surface area contributed by atoms with Crippen molar-refractivity contribution in [2.45, 2.75) is 19.9 Å².